The lowest BCUT2D eigenvalue weighted by Gasteiger charge is -2.33. The summed E-state index contributed by atoms with van der Waals surface area (Å²) in [6.07, 6.45) is 7.92. The summed E-state index contributed by atoms with van der Waals surface area (Å²) in [6.45, 7) is 12.1. The Kier molecular flexibility index (Phi) is 5.90. The van der Waals surface area contributed by atoms with Gasteiger partial charge in [0, 0.05) is 44.7 Å². The van der Waals surface area contributed by atoms with Crippen LogP contribution in [0.4, 0.5) is 5.69 Å². The van der Waals surface area contributed by atoms with Crippen LogP contribution in [-0.4, -0.2) is 39.5 Å². The van der Waals surface area contributed by atoms with Gasteiger partial charge >= 0.3 is 0 Å². The number of aliphatic imine (C=N–C) groups is 1. The molecule has 6 nitrogen and oxygen atoms in total. The van der Waals surface area contributed by atoms with Crippen molar-refractivity contribution >= 4 is 40.0 Å². The third-order valence-corrected chi connectivity index (χ3v) is 7.13. The van der Waals surface area contributed by atoms with E-state index in [2.05, 4.69) is 35.9 Å². The fourth-order valence-corrected chi connectivity index (χ4v) is 5.09. The first-order valence-corrected chi connectivity index (χ1v) is 11.4. The topological polar surface area (TPSA) is 62.5 Å². The molecule has 30 heavy (non-hydrogen) atoms. The Labute approximate surface area is 182 Å². The first kappa shape index (κ1) is 20.6. The van der Waals surface area contributed by atoms with Crippen molar-refractivity contribution in [2.24, 2.45) is 18.0 Å². The molecule has 1 amide bonds. The summed E-state index contributed by atoms with van der Waals surface area (Å²) in [5.74, 6) is 1.57. The van der Waals surface area contributed by atoms with Crippen molar-refractivity contribution in [1.82, 2.24) is 20.0 Å². The maximum atomic E-state index is 12.7. The van der Waals surface area contributed by atoms with Gasteiger partial charge in [-0.3, -0.25) is 9.48 Å². The van der Waals surface area contributed by atoms with E-state index in [1.807, 2.05) is 24.3 Å². The number of hydrogen-bond donors (Lipinski definition) is 1. The molecule has 0 unspecified atom stereocenters. The van der Waals surface area contributed by atoms with Crippen molar-refractivity contribution in [3.05, 3.63) is 46.9 Å². The van der Waals surface area contributed by atoms with Crippen LogP contribution in [0, 0.1) is 12.8 Å². The van der Waals surface area contributed by atoms with Crippen LogP contribution < -0.4 is 5.32 Å². The Hall–Kier alpha value is -2.67. The SMILES string of the molecule is C=C1NC(CCCC(=O)N2CCC(C(=C)c3cnn(C)c3)CC2)=Nc2c(C)csc21. The summed E-state index contributed by atoms with van der Waals surface area (Å²) < 4.78 is 1.81. The fraction of sp³-hybridized carbons (Fsp3) is 0.435. The highest BCUT2D eigenvalue weighted by Gasteiger charge is 2.25. The molecule has 4 heterocycles. The highest BCUT2D eigenvalue weighted by molar-refractivity contribution is 7.12. The highest BCUT2D eigenvalue weighted by Crippen LogP contribution is 2.37. The average molecular weight is 424 g/mol. The summed E-state index contributed by atoms with van der Waals surface area (Å²) >= 11 is 1.67. The second-order valence-electron chi connectivity index (χ2n) is 8.20. The Morgan fingerprint density at radius 2 is 2.13 bits per heavy atom. The molecule has 2 aromatic rings. The number of aromatic nitrogens is 2. The molecule has 0 aliphatic carbocycles. The zero-order valence-corrected chi connectivity index (χ0v) is 18.6. The fourth-order valence-electron chi connectivity index (χ4n) is 4.17. The number of nitrogens with one attached hydrogen (secondary N) is 1. The van der Waals surface area contributed by atoms with Crippen LogP contribution >= 0.6 is 11.3 Å². The molecule has 0 bridgehead atoms. The van der Waals surface area contributed by atoms with Gasteiger partial charge in [0.05, 0.1) is 22.5 Å². The van der Waals surface area contributed by atoms with Crippen molar-refractivity contribution in [2.45, 2.75) is 39.0 Å². The molecule has 0 atom stereocenters. The molecular formula is C23H29N5OS. The second-order valence-corrected chi connectivity index (χ2v) is 9.07. The monoisotopic (exact) mass is 423 g/mol. The summed E-state index contributed by atoms with van der Waals surface area (Å²) in [5.41, 5.74) is 5.37. The van der Waals surface area contributed by atoms with Crippen LogP contribution in [0.15, 0.2) is 35.9 Å². The lowest BCUT2D eigenvalue weighted by Crippen LogP contribution is -2.38. The van der Waals surface area contributed by atoms with E-state index in [-0.39, 0.29) is 5.91 Å². The quantitative estimate of drug-likeness (QED) is 0.743. The number of amidine groups is 1. The number of thiophene rings is 1. The largest absolute Gasteiger partial charge is 0.343 e. The zero-order valence-electron chi connectivity index (χ0n) is 17.8. The highest BCUT2D eigenvalue weighted by atomic mass is 32.1. The van der Waals surface area contributed by atoms with Crippen LogP contribution in [0.3, 0.4) is 0 Å². The number of carbonyl (C=O) groups excluding carboxylic acids is 1. The van der Waals surface area contributed by atoms with Gasteiger partial charge in [0.25, 0.3) is 0 Å². The first-order chi connectivity index (χ1) is 14.4. The molecule has 4 rings (SSSR count). The molecule has 0 saturated carbocycles. The number of allylic oxidation sites excluding steroid dienone is 1. The Morgan fingerprint density at radius 3 is 2.83 bits per heavy atom. The van der Waals surface area contributed by atoms with E-state index in [1.54, 1.807) is 16.0 Å². The van der Waals surface area contributed by atoms with Crippen molar-refractivity contribution < 1.29 is 4.79 Å². The normalized spacial score (nSPS) is 16.8. The molecule has 2 aliphatic heterocycles. The smallest absolute Gasteiger partial charge is 0.222 e. The summed E-state index contributed by atoms with van der Waals surface area (Å²) in [4.78, 5) is 20.5. The number of carbonyl (C=O) groups is 1. The van der Waals surface area contributed by atoms with Crippen LogP contribution in [-0.2, 0) is 11.8 Å². The lowest BCUT2D eigenvalue weighted by atomic mass is 9.87. The Morgan fingerprint density at radius 1 is 1.37 bits per heavy atom. The van der Waals surface area contributed by atoms with Gasteiger partial charge in [-0.2, -0.15) is 5.10 Å². The number of hydrogen-bond acceptors (Lipinski definition) is 5. The van der Waals surface area contributed by atoms with Crippen molar-refractivity contribution in [3.63, 3.8) is 0 Å². The van der Waals surface area contributed by atoms with E-state index < -0.39 is 0 Å². The van der Waals surface area contributed by atoms with Gasteiger partial charge in [-0.05, 0) is 48.6 Å². The van der Waals surface area contributed by atoms with Gasteiger partial charge in [-0.1, -0.05) is 13.2 Å². The van der Waals surface area contributed by atoms with Crippen molar-refractivity contribution in [3.8, 4) is 0 Å². The molecule has 1 N–H and O–H groups in total. The maximum absolute atomic E-state index is 12.7. The van der Waals surface area contributed by atoms with E-state index in [0.29, 0.717) is 12.3 Å². The standard InChI is InChI=1S/C23H29N5OS/c1-15-14-30-23-17(3)25-20(26-22(15)23)6-5-7-21(29)28-10-8-18(9-11-28)16(2)19-12-24-27(4)13-19/h12-14,18H,2-3,5-11H2,1,4H3,(H,25,26). The number of nitrogens with zero attached hydrogens (tertiary/aromatic N) is 4. The lowest BCUT2D eigenvalue weighted by molar-refractivity contribution is -0.132. The molecule has 2 aliphatic rings. The first-order valence-electron chi connectivity index (χ1n) is 10.5. The van der Waals surface area contributed by atoms with E-state index in [1.165, 1.54) is 5.56 Å². The molecule has 158 valence electrons. The number of likely N-dealkylation sites (tertiary alicyclic amines) is 1. The minimum absolute atomic E-state index is 0.239. The minimum Gasteiger partial charge on any atom is -0.343 e. The Bertz CT molecular complexity index is 1010. The van der Waals surface area contributed by atoms with Gasteiger partial charge in [0.1, 0.15) is 5.84 Å². The maximum Gasteiger partial charge on any atom is 0.222 e. The van der Waals surface area contributed by atoms with E-state index in [9.17, 15) is 4.79 Å². The summed E-state index contributed by atoms with van der Waals surface area (Å²) in [7, 11) is 1.92. The molecule has 0 aromatic carbocycles. The number of amides is 1. The van der Waals surface area contributed by atoms with Gasteiger partial charge in [0.2, 0.25) is 5.91 Å². The number of fused-ring (bicyclic) bond motifs is 1. The van der Waals surface area contributed by atoms with Crippen molar-refractivity contribution in [2.75, 3.05) is 13.1 Å². The predicted molar refractivity (Wildman–Crippen MR) is 124 cm³/mol. The van der Waals surface area contributed by atoms with Crippen LogP contribution in [0.2, 0.25) is 0 Å². The molecular weight excluding hydrogens is 394 g/mol. The molecule has 0 radical (unpaired) electrons. The number of piperidine rings is 1. The van der Waals surface area contributed by atoms with E-state index >= 15 is 0 Å². The zero-order chi connectivity index (χ0) is 21.3. The minimum atomic E-state index is 0.239. The second kappa shape index (κ2) is 8.60. The third-order valence-electron chi connectivity index (χ3n) is 5.98. The van der Waals surface area contributed by atoms with Crippen LogP contribution in [0.25, 0.3) is 11.3 Å². The van der Waals surface area contributed by atoms with E-state index in [4.69, 9.17) is 4.99 Å². The average Bonchev–Trinajstić information content (AvgIpc) is 3.34. The van der Waals surface area contributed by atoms with Crippen LogP contribution in [0.1, 0.15) is 48.1 Å². The van der Waals surface area contributed by atoms with Gasteiger partial charge in [-0.25, -0.2) is 4.99 Å². The number of aryl methyl sites for hydroxylation is 2. The van der Waals surface area contributed by atoms with Gasteiger partial charge in [0.15, 0.2) is 0 Å². The predicted octanol–water partition coefficient (Wildman–Crippen LogP) is 4.52. The third kappa shape index (κ3) is 4.26. The molecule has 1 fully saturated rings. The number of rotatable bonds is 6. The molecule has 7 heteroatoms. The Balaban J connectivity index is 1.24. The van der Waals surface area contributed by atoms with Crippen LogP contribution in [0.5, 0.6) is 0 Å². The van der Waals surface area contributed by atoms with Crippen molar-refractivity contribution in [1.29, 1.82) is 0 Å². The molecule has 2 aromatic heterocycles. The van der Waals surface area contributed by atoms with Gasteiger partial charge < -0.3 is 10.2 Å². The van der Waals surface area contributed by atoms with Gasteiger partial charge in [-0.15, -0.1) is 11.3 Å². The summed E-state index contributed by atoms with van der Waals surface area (Å²) in [5, 5.41) is 9.65. The molecule has 0 spiro atoms. The molecule has 1 saturated heterocycles. The van der Waals surface area contributed by atoms with E-state index in [0.717, 1.165) is 72.0 Å². The summed E-state index contributed by atoms with van der Waals surface area (Å²) in [6, 6.07) is 0.